The van der Waals surface area contributed by atoms with Gasteiger partial charge in [0.15, 0.2) is 0 Å². The molecule has 3 N–H and O–H groups in total. The number of ether oxygens (including phenoxy) is 1. The SMILES string of the molecule is CSc1ccc(C(C)NC(=O)COCCN)cc1. The van der Waals surface area contributed by atoms with E-state index in [-0.39, 0.29) is 18.6 Å². The van der Waals surface area contributed by atoms with E-state index in [0.717, 1.165) is 5.56 Å². The Kier molecular flexibility index (Phi) is 6.78. The maximum atomic E-state index is 11.5. The molecular weight excluding hydrogens is 248 g/mol. The number of nitrogens with two attached hydrogens (primary N) is 1. The van der Waals surface area contributed by atoms with E-state index in [0.29, 0.717) is 13.2 Å². The third-order valence-corrected chi connectivity index (χ3v) is 3.23. The molecule has 5 heteroatoms. The van der Waals surface area contributed by atoms with Crippen molar-refractivity contribution in [2.75, 3.05) is 26.0 Å². The lowest BCUT2D eigenvalue weighted by atomic mass is 10.1. The van der Waals surface area contributed by atoms with Crippen LogP contribution in [0.15, 0.2) is 29.2 Å². The second kappa shape index (κ2) is 8.13. The number of carbonyl (C=O) groups is 1. The van der Waals surface area contributed by atoms with Crippen molar-refractivity contribution < 1.29 is 9.53 Å². The van der Waals surface area contributed by atoms with E-state index in [4.69, 9.17) is 10.5 Å². The third-order valence-electron chi connectivity index (χ3n) is 2.49. The monoisotopic (exact) mass is 268 g/mol. The number of amides is 1. The van der Waals surface area contributed by atoms with Crippen molar-refractivity contribution in [1.82, 2.24) is 5.32 Å². The Bertz CT molecular complexity index is 368. The number of carbonyl (C=O) groups excluding carboxylic acids is 1. The predicted octanol–water partition coefficient (Wildman–Crippen LogP) is 1.56. The standard InChI is InChI=1S/C13H20N2O2S/c1-10(15-13(16)9-17-8-7-14)11-3-5-12(18-2)6-4-11/h3-6,10H,7-9,14H2,1-2H3,(H,15,16). The highest BCUT2D eigenvalue weighted by atomic mass is 32.2. The van der Waals surface area contributed by atoms with Gasteiger partial charge in [-0.2, -0.15) is 0 Å². The first-order valence-corrected chi connectivity index (χ1v) is 7.11. The second-order valence-electron chi connectivity index (χ2n) is 3.90. The minimum Gasteiger partial charge on any atom is -0.370 e. The van der Waals surface area contributed by atoms with Crippen molar-refractivity contribution in [2.24, 2.45) is 5.73 Å². The van der Waals surface area contributed by atoms with Crippen LogP contribution in [0.2, 0.25) is 0 Å². The Morgan fingerprint density at radius 1 is 1.44 bits per heavy atom. The zero-order valence-electron chi connectivity index (χ0n) is 10.8. The maximum Gasteiger partial charge on any atom is 0.246 e. The van der Waals surface area contributed by atoms with Gasteiger partial charge in [-0.3, -0.25) is 4.79 Å². The summed E-state index contributed by atoms with van der Waals surface area (Å²) in [5, 5.41) is 2.88. The maximum absolute atomic E-state index is 11.5. The molecule has 0 spiro atoms. The molecule has 1 rings (SSSR count). The minimum absolute atomic E-state index is 0.0186. The van der Waals surface area contributed by atoms with Crippen LogP contribution in [0.25, 0.3) is 0 Å². The summed E-state index contributed by atoms with van der Waals surface area (Å²) in [5.74, 6) is -0.120. The summed E-state index contributed by atoms with van der Waals surface area (Å²) in [4.78, 5) is 12.8. The molecule has 1 atom stereocenters. The van der Waals surface area contributed by atoms with E-state index < -0.39 is 0 Å². The van der Waals surface area contributed by atoms with E-state index in [1.165, 1.54) is 4.90 Å². The minimum atomic E-state index is -0.120. The zero-order chi connectivity index (χ0) is 13.4. The van der Waals surface area contributed by atoms with Gasteiger partial charge >= 0.3 is 0 Å². The van der Waals surface area contributed by atoms with Gasteiger partial charge in [-0.15, -0.1) is 11.8 Å². The average molecular weight is 268 g/mol. The van der Waals surface area contributed by atoms with Crippen LogP contribution in [0.3, 0.4) is 0 Å². The van der Waals surface area contributed by atoms with E-state index in [2.05, 4.69) is 5.32 Å². The highest BCUT2D eigenvalue weighted by Gasteiger charge is 2.09. The Hall–Kier alpha value is -1.04. The summed E-state index contributed by atoms with van der Waals surface area (Å²) < 4.78 is 5.08. The molecule has 0 radical (unpaired) electrons. The lowest BCUT2D eigenvalue weighted by Gasteiger charge is -2.14. The quantitative estimate of drug-likeness (QED) is 0.582. The first kappa shape index (κ1) is 15.0. The lowest BCUT2D eigenvalue weighted by molar-refractivity contribution is -0.126. The fourth-order valence-electron chi connectivity index (χ4n) is 1.51. The molecule has 100 valence electrons. The van der Waals surface area contributed by atoms with E-state index >= 15 is 0 Å². The predicted molar refractivity (Wildman–Crippen MR) is 74.7 cm³/mol. The third kappa shape index (κ3) is 5.08. The largest absolute Gasteiger partial charge is 0.370 e. The average Bonchev–Trinajstić information content (AvgIpc) is 2.39. The molecule has 0 saturated carbocycles. The van der Waals surface area contributed by atoms with Crippen LogP contribution in [0.4, 0.5) is 0 Å². The second-order valence-corrected chi connectivity index (χ2v) is 4.78. The van der Waals surface area contributed by atoms with Crippen LogP contribution in [0.5, 0.6) is 0 Å². The van der Waals surface area contributed by atoms with Crippen molar-refractivity contribution in [2.45, 2.75) is 17.9 Å². The van der Waals surface area contributed by atoms with Gasteiger partial charge in [0.25, 0.3) is 0 Å². The van der Waals surface area contributed by atoms with E-state index in [1.807, 2.05) is 37.4 Å². The van der Waals surface area contributed by atoms with E-state index in [1.54, 1.807) is 11.8 Å². The molecule has 0 saturated heterocycles. The first-order valence-electron chi connectivity index (χ1n) is 5.88. The normalized spacial score (nSPS) is 12.2. The van der Waals surface area contributed by atoms with Crippen LogP contribution in [-0.4, -0.2) is 31.9 Å². The summed E-state index contributed by atoms with van der Waals surface area (Å²) in [5.41, 5.74) is 6.36. The number of thioether (sulfide) groups is 1. The Morgan fingerprint density at radius 2 is 2.11 bits per heavy atom. The van der Waals surface area contributed by atoms with Gasteiger partial charge in [0, 0.05) is 11.4 Å². The molecule has 1 aromatic carbocycles. The van der Waals surface area contributed by atoms with Crippen molar-refractivity contribution in [3.05, 3.63) is 29.8 Å². The highest BCUT2D eigenvalue weighted by Crippen LogP contribution is 2.18. The molecule has 4 nitrogen and oxygen atoms in total. The van der Waals surface area contributed by atoms with Gasteiger partial charge in [0.2, 0.25) is 5.91 Å². The molecule has 1 unspecified atom stereocenters. The molecule has 18 heavy (non-hydrogen) atoms. The summed E-state index contributed by atoms with van der Waals surface area (Å²) in [6.07, 6.45) is 2.04. The fourth-order valence-corrected chi connectivity index (χ4v) is 1.92. The molecule has 0 aliphatic carbocycles. The van der Waals surface area contributed by atoms with Crippen LogP contribution >= 0.6 is 11.8 Å². The molecule has 1 aromatic rings. The van der Waals surface area contributed by atoms with Crippen molar-refractivity contribution in [3.63, 3.8) is 0 Å². The van der Waals surface area contributed by atoms with Crippen molar-refractivity contribution in [3.8, 4) is 0 Å². The van der Waals surface area contributed by atoms with Gasteiger partial charge in [-0.25, -0.2) is 0 Å². The van der Waals surface area contributed by atoms with Crippen molar-refractivity contribution in [1.29, 1.82) is 0 Å². The topological polar surface area (TPSA) is 64.3 Å². The van der Waals surface area contributed by atoms with Crippen LogP contribution in [0, 0.1) is 0 Å². The number of hydrogen-bond acceptors (Lipinski definition) is 4. The number of hydrogen-bond donors (Lipinski definition) is 2. The van der Waals surface area contributed by atoms with Gasteiger partial charge in [0.1, 0.15) is 6.61 Å². The summed E-state index contributed by atoms with van der Waals surface area (Å²) in [6, 6.07) is 8.13. The van der Waals surface area contributed by atoms with E-state index in [9.17, 15) is 4.79 Å². The molecule has 0 fully saturated rings. The number of benzene rings is 1. The molecular formula is C13H20N2O2S. The molecule has 0 heterocycles. The van der Waals surface area contributed by atoms with Crippen LogP contribution in [0.1, 0.15) is 18.5 Å². The van der Waals surface area contributed by atoms with Gasteiger partial charge < -0.3 is 15.8 Å². The molecule has 0 aliphatic heterocycles. The first-order chi connectivity index (χ1) is 8.67. The number of nitrogens with one attached hydrogen (secondary N) is 1. The summed E-state index contributed by atoms with van der Waals surface area (Å²) >= 11 is 1.70. The zero-order valence-corrected chi connectivity index (χ0v) is 11.6. The van der Waals surface area contributed by atoms with Gasteiger partial charge in [0.05, 0.1) is 12.6 Å². The number of rotatable bonds is 7. The molecule has 0 bridgehead atoms. The molecule has 0 aromatic heterocycles. The molecule has 1 amide bonds. The summed E-state index contributed by atoms with van der Waals surface area (Å²) in [7, 11) is 0. The Labute approximate surface area is 112 Å². The summed E-state index contributed by atoms with van der Waals surface area (Å²) in [6.45, 7) is 2.85. The smallest absolute Gasteiger partial charge is 0.246 e. The Balaban J connectivity index is 2.43. The lowest BCUT2D eigenvalue weighted by Crippen LogP contribution is -2.30. The van der Waals surface area contributed by atoms with Crippen LogP contribution in [-0.2, 0) is 9.53 Å². The Morgan fingerprint density at radius 3 is 2.67 bits per heavy atom. The van der Waals surface area contributed by atoms with Gasteiger partial charge in [-0.05, 0) is 30.9 Å². The molecule has 0 aliphatic rings. The fraction of sp³-hybridized carbons (Fsp3) is 0.462. The van der Waals surface area contributed by atoms with Gasteiger partial charge in [-0.1, -0.05) is 12.1 Å². The van der Waals surface area contributed by atoms with Crippen LogP contribution < -0.4 is 11.1 Å². The van der Waals surface area contributed by atoms with Crippen molar-refractivity contribution >= 4 is 17.7 Å². The highest BCUT2D eigenvalue weighted by molar-refractivity contribution is 7.98.